The van der Waals surface area contributed by atoms with Gasteiger partial charge in [0.2, 0.25) is 0 Å². The molecule has 0 aromatic carbocycles. The monoisotopic (exact) mass is 284 g/mol. The highest BCUT2D eigenvalue weighted by Crippen LogP contribution is 2.19. The van der Waals surface area contributed by atoms with E-state index in [4.69, 9.17) is 0 Å². The van der Waals surface area contributed by atoms with E-state index >= 15 is 0 Å². The van der Waals surface area contributed by atoms with E-state index in [2.05, 4.69) is 60.0 Å². The Hall–Kier alpha value is -0.570. The van der Waals surface area contributed by atoms with Gasteiger partial charge in [0.05, 0.1) is 0 Å². The lowest BCUT2D eigenvalue weighted by Crippen LogP contribution is -2.19. The van der Waals surface area contributed by atoms with Gasteiger partial charge in [-0.15, -0.1) is 0 Å². The predicted octanol–water partition coefficient (Wildman–Crippen LogP) is 4.39. The number of nitrogens with zero attached hydrogens (tertiary/aromatic N) is 1. The van der Waals surface area contributed by atoms with E-state index in [1.165, 1.54) is 18.4 Å². The van der Waals surface area contributed by atoms with Crippen molar-refractivity contribution in [1.29, 1.82) is 0 Å². The zero-order chi connectivity index (χ0) is 12.1. The van der Waals surface area contributed by atoms with Crippen LogP contribution in [0.1, 0.15) is 39.2 Å². The highest BCUT2D eigenvalue weighted by atomic mass is 79.9. The second kappa shape index (κ2) is 6.24. The van der Waals surface area contributed by atoms with E-state index in [0.717, 1.165) is 16.2 Å². The molecule has 0 saturated heterocycles. The molecule has 1 heterocycles. The zero-order valence-electron chi connectivity index (χ0n) is 10.5. The average Bonchev–Trinajstić information content (AvgIpc) is 2.22. The first kappa shape index (κ1) is 13.5. The van der Waals surface area contributed by atoms with Crippen LogP contribution < -0.4 is 5.32 Å². The van der Waals surface area contributed by atoms with Gasteiger partial charge in [0.1, 0.15) is 5.82 Å². The summed E-state index contributed by atoms with van der Waals surface area (Å²) in [5, 5.41) is 3.47. The van der Waals surface area contributed by atoms with Crippen LogP contribution in [0.5, 0.6) is 0 Å². The van der Waals surface area contributed by atoms with Gasteiger partial charge in [-0.25, -0.2) is 4.98 Å². The Morgan fingerprint density at radius 1 is 1.44 bits per heavy atom. The fourth-order valence-electron chi connectivity index (χ4n) is 1.75. The molecule has 0 aliphatic carbocycles. The summed E-state index contributed by atoms with van der Waals surface area (Å²) in [7, 11) is 0. The Kier molecular flexibility index (Phi) is 5.26. The summed E-state index contributed by atoms with van der Waals surface area (Å²) in [4.78, 5) is 4.39. The van der Waals surface area contributed by atoms with Crippen LogP contribution in [0, 0.1) is 12.8 Å². The van der Waals surface area contributed by atoms with E-state index in [9.17, 15) is 0 Å². The van der Waals surface area contributed by atoms with Crippen molar-refractivity contribution in [2.45, 2.75) is 46.6 Å². The second-order valence-corrected chi connectivity index (χ2v) is 5.53. The minimum absolute atomic E-state index is 0.474. The molecular formula is C13H21BrN2. The Bertz CT molecular complexity index is 339. The minimum atomic E-state index is 0.474. The molecule has 1 aromatic rings. The molecule has 1 rings (SSSR count). The van der Waals surface area contributed by atoms with E-state index in [1.54, 1.807) is 0 Å². The van der Waals surface area contributed by atoms with Crippen molar-refractivity contribution in [2.75, 3.05) is 5.32 Å². The lowest BCUT2D eigenvalue weighted by molar-refractivity contribution is 0.483. The van der Waals surface area contributed by atoms with Gasteiger partial charge in [-0.1, -0.05) is 20.3 Å². The van der Waals surface area contributed by atoms with Gasteiger partial charge in [-0.05, 0) is 53.7 Å². The van der Waals surface area contributed by atoms with Crippen LogP contribution >= 0.6 is 15.9 Å². The van der Waals surface area contributed by atoms with Crippen LogP contribution in [0.2, 0.25) is 0 Å². The summed E-state index contributed by atoms with van der Waals surface area (Å²) < 4.78 is 1.03. The summed E-state index contributed by atoms with van der Waals surface area (Å²) in [5.41, 5.74) is 1.19. The fraction of sp³-hybridized carbons (Fsp3) is 0.615. The Morgan fingerprint density at radius 3 is 2.69 bits per heavy atom. The van der Waals surface area contributed by atoms with Crippen LogP contribution in [-0.4, -0.2) is 11.0 Å². The highest BCUT2D eigenvalue weighted by molar-refractivity contribution is 9.10. The molecule has 0 amide bonds. The maximum absolute atomic E-state index is 4.39. The second-order valence-electron chi connectivity index (χ2n) is 4.61. The molecule has 2 atom stereocenters. The molecular weight excluding hydrogens is 264 g/mol. The number of aryl methyl sites for hydroxylation is 1. The topological polar surface area (TPSA) is 24.9 Å². The van der Waals surface area contributed by atoms with Gasteiger partial charge in [-0.2, -0.15) is 0 Å². The Morgan fingerprint density at radius 2 is 2.12 bits per heavy atom. The van der Waals surface area contributed by atoms with Crippen LogP contribution in [-0.2, 0) is 0 Å². The van der Waals surface area contributed by atoms with E-state index in [1.807, 2.05) is 6.20 Å². The molecule has 16 heavy (non-hydrogen) atoms. The van der Waals surface area contributed by atoms with Crippen molar-refractivity contribution < 1.29 is 0 Å². The molecule has 0 fully saturated rings. The number of aromatic nitrogens is 1. The molecule has 2 unspecified atom stereocenters. The molecule has 0 aliphatic heterocycles. The Balaban J connectivity index is 2.59. The summed E-state index contributed by atoms with van der Waals surface area (Å²) in [6, 6.07) is 2.56. The van der Waals surface area contributed by atoms with Gasteiger partial charge >= 0.3 is 0 Å². The first-order chi connectivity index (χ1) is 7.52. The largest absolute Gasteiger partial charge is 0.367 e. The van der Waals surface area contributed by atoms with Gasteiger partial charge in [0.25, 0.3) is 0 Å². The third kappa shape index (κ3) is 4.12. The molecule has 0 saturated carbocycles. The molecule has 3 heteroatoms. The summed E-state index contributed by atoms with van der Waals surface area (Å²) in [6.45, 7) is 8.83. The fourth-order valence-corrected chi connectivity index (χ4v) is 2.20. The molecule has 0 radical (unpaired) electrons. The van der Waals surface area contributed by atoms with Gasteiger partial charge in [0, 0.05) is 16.7 Å². The molecule has 0 spiro atoms. The minimum Gasteiger partial charge on any atom is -0.367 e. The van der Waals surface area contributed by atoms with Crippen LogP contribution in [0.15, 0.2) is 16.7 Å². The molecule has 2 nitrogen and oxygen atoms in total. The number of hydrogen-bond acceptors (Lipinski definition) is 2. The molecule has 0 aliphatic rings. The third-order valence-corrected chi connectivity index (χ3v) is 3.31. The van der Waals surface area contributed by atoms with Crippen molar-refractivity contribution >= 4 is 21.7 Å². The molecule has 0 bridgehead atoms. The first-order valence-electron chi connectivity index (χ1n) is 5.91. The maximum Gasteiger partial charge on any atom is 0.129 e. The number of rotatable bonds is 5. The number of pyridine rings is 1. The predicted molar refractivity (Wildman–Crippen MR) is 73.8 cm³/mol. The quantitative estimate of drug-likeness (QED) is 0.868. The van der Waals surface area contributed by atoms with Crippen LogP contribution in [0.4, 0.5) is 5.82 Å². The number of halogens is 1. The number of hydrogen-bond donors (Lipinski definition) is 1. The smallest absolute Gasteiger partial charge is 0.129 e. The van der Waals surface area contributed by atoms with Crippen molar-refractivity contribution in [2.24, 2.45) is 5.92 Å². The maximum atomic E-state index is 4.39. The van der Waals surface area contributed by atoms with Crippen molar-refractivity contribution in [3.63, 3.8) is 0 Å². The van der Waals surface area contributed by atoms with Crippen molar-refractivity contribution in [1.82, 2.24) is 4.98 Å². The normalized spacial score (nSPS) is 14.6. The standard InChI is InChI=1S/C13H21BrN2/c1-5-9(2)6-11(4)16-13-10(3)7-12(14)8-15-13/h7-9,11H,5-6H2,1-4H3,(H,15,16). The summed E-state index contributed by atoms with van der Waals surface area (Å²) in [5.74, 6) is 1.76. The van der Waals surface area contributed by atoms with Gasteiger partial charge in [-0.3, -0.25) is 0 Å². The van der Waals surface area contributed by atoms with Gasteiger partial charge < -0.3 is 5.32 Å². The van der Waals surface area contributed by atoms with E-state index < -0.39 is 0 Å². The number of nitrogens with one attached hydrogen (secondary N) is 1. The third-order valence-electron chi connectivity index (χ3n) is 2.88. The summed E-state index contributed by atoms with van der Waals surface area (Å²) >= 11 is 3.42. The van der Waals surface area contributed by atoms with Crippen molar-refractivity contribution in [3.05, 3.63) is 22.3 Å². The average molecular weight is 285 g/mol. The summed E-state index contributed by atoms with van der Waals surface area (Å²) in [6.07, 6.45) is 4.26. The Labute approximate surface area is 107 Å². The number of anilines is 1. The van der Waals surface area contributed by atoms with E-state index in [0.29, 0.717) is 6.04 Å². The van der Waals surface area contributed by atoms with Crippen LogP contribution in [0.25, 0.3) is 0 Å². The van der Waals surface area contributed by atoms with Gasteiger partial charge in [0.15, 0.2) is 0 Å². The highest BCUT2D eigenvalue weighted by Gasteiger charge is 2.09. The lowest BCUT2D eigenvalue weighted by Gasteiger charge is -2.19. The van der Waals surface area contributed by atoms with Crippen LogP contribution in [0.3, 0.4) is 0 Å². The first-order valence-corrected chi connectivity index (χ1v) is 6.71. The molecule has 1 N–H and O–H groups in total. The van der Waals surface area contributed by atoms with E-state index in [-0.39, 0.29) is 0 Å². The lowest BCUT2D eigenvalue weighted by atomic mass is 10.0. The molecule has 1 aromatic heterocycles. The zero-order valence-corrected chi connectivity index (χ0v) is 12.1. The molecule has 90 valence electrons. The SMILES string of the molecule is CCC(C)CC(C)Nc1ncc(Br)cc1C. The van der Waals surface area contributed by atoms with Crippen molar-refractivity contribution in [3.8, 4) is 0 Å².